The molecule has 0 aliphatic heterocycles. The molecule has 5 heteroatoms. The van der Waals surface area contributed by atoms with Crippen molar-refractivity contribution >= 4 is 17.3 Å². The van der Waals surface area contributed by atoms with Gasteiger partial charge < -0.3 is 20.1 Å². The Morgan fingerprint density at radius 2 is 1.92 bits per heavy atom. The average molecular weight is 354 g/mol. The van der Waals surface area contributed by atoms with E-state index in [2.05, 4.69) is 24.1 Å². The van der Waals surface area contributed by atoms with Crippen molar-refractivity contribution in [3.05, 3.63) is 60.7 Å². The lowest BCUT2D eigenvalue weighted by Crippen LogP contribution is -2.22. The number of amides is 1. The molecule has 0 spiro atoms. The first-order valence-corrected chi connectivity index (χ1v) is 8.71. The summed E-state index contributed by atoms with van der Waals surface area (Å²) in [6.45, 7) is 9.01. The van der Waals surface area contributed by atoms with Gasteiger partial charge in [-0.15, -0.1) is 0 Å². The summed E-state index contributed by atoms with van der Waals surface area (Å²) in [6.07, 6.45) is 0.938. The van der Waals surface area contributed by atoms with Gasteiger partial charge in [0.25, 0.3) is 0 Å². The van der Waals surface area contributed by atoms with Gasteiger partial charge in [-0.25, -0.2) is 0 Å². The van der Waals surface area contributed by atoms with Crippen molar-refractivity contribution in [1.82, 2.24) is 0 Å². The van der Waals surface area contributed by atoms with Crippen LogP contribution in [0.25, 0.3) is 0 Å². The molecule has 0 saturated heterocycles. The van der Waals surface area contributed by atoms with E-state index in [1.54, 1.807) is 0 Å². The number of hydrogen-bond donors (Lipinski definition) is 2. The molecule has 0 unspecified atom stereocenters. The predicted molar refractivity (Wildman–Crippen MR) is 106 cm³/mol. The summed E-state index contributed by atoms with van der Waals surface area (Å²) in [4.78, 5) is 12.2. The van der Waals surface area contributed by atoms with E-state index in [1.807, 2.05) is 55.5 Å². The lowest BCUT2D eigenvalue weighted by atomic mass is 10.2. The third kappa shape index (κ3) is 6.51. The van der Waals surface area contributed by atoms with Crippen molar-refractivity contribution in [3.8, 4) is 11.5 Å². The zero-order valence-electron chi connectivity index (χ0n) is 15.4. The molecule has 5 nitrogen and oxygen atoms in total. The number of carbonyl (C=O) groups is 1. The first kappa shape index (κ1) is 19.4. The number of rotatable bonds is 10. The molecular formula is C21H26N2O3. The number of para-hydroxylation sites is 2. The van der Waals surface area contributed by atoms with Crippen molar-refractivity contribution in [1.29, 1.82) is 0 Å². The Labute approximate surface area is 155 Å². The van der Waals surface area contributed by atoms with E-state index in [9.17, 15) is 4.79 Å². The predicted octanol–water partition coefficient (Wildman–Crippen LogP) is 4.48. The molecule has 2 N–H and O–H groups in total. The summed E-state index contributed by atoms with van der Waals surface area (Å²) >= 11 is 0. The van der Waals surface area contributed by atoms with Gasteiger partial charge in [0.05, 0.1) is 18.8 Å². The second kappa shape index (κ2) is 10.1. The maximum atomic E-state index is 12.2. The van der Waals surface area contributed by atoms with Gasteiger partial charge in [-0.1, -0.05) is 31.7 Å². The van der Waals surface area contributed by atoms with Crippen LogP contribution in [0.3, 0.4) is 0 Å². The van der Waals surface area contributed by atoms with Crippen LogP contribution in [0.4, 0.5) is 11.4 Å². The highest BCUT2D eigenvalue weighted by atomic mass is 16.5. The molecule has 1 amide bonds. The largest absolute Gasteiger partial charge is 0.494 e. The van der Waals surface area contributed by atoms with Gasteiger partial charge in [0.15, 0.2) is 0 Å². The minimum Gasteiger partial charge on any atom is -0.494 e. The van der Waals surface area contributed by atoms with Crippen LogP contribution in [0, 0.1) is 0 Å². The van der Waals surface area contributed by atoms with E-state index in [1.165, 1.54) is 0 Å². The third-order valence-corrected chi connectivity index (χ3v) is 3.39. The lowest BCUT2D eigenvalue weighted by molar-refractivity contribution is -0.114. The van der Waals surface area contributed by atoms with E-state index < -0.39 is 0 Å². The summed E-state index contributed by atoms with van der Waals surface area (Å²) in [5, 5.41) is 5.97. The van der Waals surface area contributed by atoms with Crippen LogP contribution in [0.15, 0.2) is 60.7 Å². The maximum Gasteiger partial charge on any atom is 0.243 e. The topological polar surface area (TPSA) is 59.6 Å². The highest BCUT2D eigenvalue weighted by Crippen LogP contribution is 2.24. The Balaban J connectivity index is 1.90. The number of ether oxygens (including phenoxy) is 2. The molecule has 0 aromatic heterocycles. The Morgan fingerprint density at radius 3 is 2.69 bits per heavy atom. The SMILES string of the molecule is C=C(C)COc1ccccc1NCC(=O)Nc1cccc(OCCC)c1. The van der Waals surface area contributed by atoms with Crippen LogP contribution in [0.1, 0.15) is 20.3 Å². The molecule has 0 aliphatic carbocycles. The second-order valence-corrected chi connectivity index (χ2v) is 6.02. The monoisotopic (exact) mass is 354 g/mol. The summed E-state index contributed by atoms with van der Waals surface area (Å²) < 4.78 is 11.3. The Morgan fingerprint density at radius 1 is 1.12 bits per heavy atom. The molecule has 2 rings (SSSR count). The minimum absolute atomic E-state index is 0.132. The molecular weight excluding hydrogens is 328 g/mol. The number of nitrogens with one attached hydrogen (secondary N) is 2. The summed E-state index contributed by atoms with van der Waals surface area (Å²) in [5.74, 6) is 1.29. The van der Waals surface area contributed by atoms with E-state index >= 15 is 0 Å². The average Bonchev–Trinajstić information content (AvgIpc) is 2.64. The second-order valence-electron chi connectivity index (χ2n) is 6.02. The molecule has 26 heavy (non-hydrogen) atoms. The summed E-state index contributed by atoms with van der Waals surface area (Å²) in [6, 6.07) is 14.9. The normalized spacial score (nSPS) is 10.1. The van der Waals surface area contributed by atoms with E-state index in [-0.39, 0.29) is 12.5 Å². The maximum absolute atomic E-state index is 12.2. The highest BCUT2D eigenvalue weighted by molar-refractivity contribution is 5.94. The Hall–Kier alpha value is -2.95. The molecule has 2 aromatic carbocycles. The zero-order valence-corrected chi connectivity index (χ0v) is 15.4. The van der Waals surface area contributed by atoms with Crippen molar-refractivity contribution in [2.75, 3.05) is 30.4 Å². The van der Waals surface area contributed by atoms with Gasteiger partial charge in [-0.2, -0.15) is 0 Å². The molecule has 0 radical (unpaired) electrons. The van der Waals surface area contributed by atoms with Gasteiger partial charge in [0.2, 0.25) is 5.91 Å². The van der Waals surface area contributed by atoms with Crippen LogP contribution < -0.4 is 20.1 Å². The fourth-order valence-electron chi connectivity index (χ4n) is 2.20. The molecule has 0 heterocycles. The molecule has 0 atom stereocenters. The van der Waals surface area contributed by atoms with Crippen LogP contribution >= 0.6 is 0 Å². The first-order chi connectivity index (χ1) is 12.6. The molecule has 0 saturated carbocycles. The van der Waals surface area contributed by atoms with Crippen molar-refractivity contribution < 1.29 is 14.3 Å². The quantitative estimate of drug-likeness (QED) is 0.618. The van der Waals surface area contributed by atoms with E-state index in [0.717, 1.165) is 23.4 Å². The minimum atomic E-state index is -0.146. The Bertz CT molecular complexity index is 744. The number of benzene rings is 2. The third-order valence-electron chi connectivity index (χ3n) is 3.39. The van der Waals surface area contributed by atoms with Crippen LogP contribution in [-0.2, 0) is 4.79 Å². The zero-order chi connectivity index (χ0) is 18.8. The standard InChI is InChI=1S/C21H26N2O3/c1-4-12-25-18-9-7-8-17(13-18)23-21(24)14-22-19-10-5-6-11-20(19)26-15-16(2)3/h5-11,13,22H,2,4,12,14-15H2,1,3H3,(H,23,24). The van der Waals surface area contributed by atoms with E-state index in [0.29, 0.717) is 24.7 Å². The molecule has 0 bridgehead atoms. The van der Waals surface area contributed by atoms with Gasteiger partial charge in [-0.3, -0.25) is 4.79 Å². The molecule has 0 aliphatic rings. The van der Waals surface area contributed by atoms with Gasteiger partial charge in [-0.05, 0) is 43.2 Å². The fraction of sp³-hybridized carbons (Fsp3) is 0.286. The number of carbonyl (C=O) groups excluding carboxylic acids is 1. The van der Waals surface area contributed by atoms with Crippen molar-refractivity contribution in [3.63, 3.8) is 0 Å². The van der Waals surface area contributed by atoms with E-state index in [4.69, 9.17) is 9.47 Å². The van der Waals surface area contributed by atoms with Crippen molar-refractivity contribution in [2.24, 2.45) is 0 Å². The van der Waals surface area contributed by atoms with Crippen LogP contribution in [0.5, 0.6) is 11.5 Å². The molecule has 138 valence electrons. The highest BCUT2D eigenvalue weighted by Gasteiger charge is 2.07. The van der Waals surface area contributed by atoms with Crippen molar-refractivity contribution in [2.45, 2.75) is 20.3 Å². The molecule has 2 aromatic rings. The van der Waals surface area contributed by atoms with Crippen LogP contribution in [0.2, 0.25) is 0 Å². The Kier molecular flexibility index (Phi) is 7.55. The number of anilines is 2. The van der Waals surface area contributed by atoms with Gasteiger partial charge in [0.1, 0.15) is 18.1 Å². The molecule has 0 fully saturated rings. The summed E-state index contributed by atoms with van der Waals surface area (Å²) in [5.41, 5.74) is 2.41. The number of hydrogen-bond acceptors (Lipinski definition) is 4. The smallest absolute Gasteiger partial charge is 0.243 e. The first-order valence-electron chi connectivity index (χ1n) is 8.71. The lowest BCUT2D eigenvalue weighted by Gasteiger charge is -2.13. The fourth-order valence-corrected chi connectivity index (χ4v) is 2.20. The van der Waals surface area contributed by atoms with Crippen LogP contribution in [-0.4, -0.2) is 25.7 Å². The van der Waals surface area contributed by atoms with Gasteiger partial charge >= 0.3 is 0 Å². The van der Waals surface area contributed by atoms with Gasteiger partial charge in [0, 0.05) is 11.8 Å². The summed E-state index contributed by atoms with van der Waals surface area (Å²) in [7, 11) is 0.